The number of likely N-dealkylation sites (tertiary alicyclic amines) is 2. The number of halogens is 1. The Morgan fingerprint density at radius 3 is 2.56 bits per heavy atom. The highest BCUT2D eigenvalue weighted by molar-refractivity contribution is 14.0. The third kappa shape index (κ3) is 7.14. The molecule has 0 radical (unpaired) electrons. The van der Waals surface area contributed by atoms with Gasteiger partial charge in [0, 0.05) is 38.1 Å². The van der Waals surface area contributed by atoms with Crippen molar-refractivity contribution in [3.8, 4) is 0 Å². The molecule has 0 amide bonds. The number of aromatic nitrogens is 1. The molecule has 1 aromatic rings. The summed E-state index contributed by atoms with van der Waals surface area (Å²) in [5.74, 6) is 1.70. The van der Waals surface area contributed by atoms with E-state index in [-0.39, 0.29) is 30.1 Å². The van der Waals surface area contributed by atoms with E-state index < -0.39 is 0 Å². The zero-order valence-electron chi connectivity index (χ0n) is 16.6. The van der Waals surface area contributed by atoms with Crippen molar-refractivity contribution < 1.29 is 5.11 Å². The number of hydrogen-bond acceptors (Lipinski definition) is 5. The first-order valence-electron chi connectivity index (χ1n) is 9.98. The van der Waals surface area contributed by atoms with Gasteiger partial charge < -0.3 is 15.3 Å². The minimum atomic E-state index is -0.139. The van der Waals surface area contributed by atoms with Crippen LogP contribution in [0.25, 0.3) is 0 Å². The summed E-state index contributed by atoms with van der Waals surface area (Å²) in [5.41, 5.74) is 1.21. The molecule has 3 heterocycles. The minimum absolute atomic E-state index is 0. The monoisotopic (exact) mass is 507 g/mol. The second kappa shape index (κ2) is 11.5. The number of guanidine groups is 1. The highest BCUT2D eigenvalue weighted by atomic mass is 127. The second-order valence-electron chi connectivity index (χ2n) is 7.49. The van der Waals surface area contributed by atoms with Gasteiger partial charge in [0.15, 0.2) is 5.96 Å². The Balaban J connectivity index is 0.00000261. The van der Waals surface area contributed by atoms with Crippen molar-refractivity contribution in [1.82, 2.24) is 20.1 Å². The second-order valence-corrected chi connectivity index (χ2v) is 8.55. The Morgan fingerprint density at radius 2 is 1.96 bits per heavy atom. The number of aliphatic hydroxyl groups is 1. The van der Waals surface area contributed by atoms with Crippen LogP contribution in [0.3, 0.4) is 0 Å². The zero-order valence-corrected chi connectivity index (χ0v) is 19.7. The quantitative estimate of drug-likeness (QED) is 0.365. The van der Waals surface area contributed by atoms with E-state index in [1.807, 2.05) is 0 Å². The first-order chi connectivity index (χ1) is 12.6. The molecule has 0 bridgehead atoms. The van der Waals surface area contributed by atoms with Gasteiger partial charge in [-0.1, -0.05) is 0 Å². The molecule has 0 unspecified atom stereocenters. The van der Waals surface area contributed by atoms with Crippen molar-refractivity contribution in [2.24, 2.45) is 10.9 Å². The number of thiazole rings is 1. The number of aliphatic hydroxyl groups excluding tert-OH is 1. The number of aryl methyl sites for hydroxylation is 1. The van der Waals surface area contributed by atoms with E-state index in [0.29, 0.717) is 5.92 Å². The van der Waals surface area contributed by atoms with Crippen molar-refractivity contribution in [2.45, 2.75) is 52.2 Å². The van der Waals surface area contributed by atoms with Gasteiger partial charge in [0.2, 0.25) is 0 Å². The summed E-state index contributed by atoms with van der Waals surface area (Å²) in [5, 5.41) is 16.5. The van der Waals surface area contributed by atoms with E-state index in [2.05, 4.69) is 39.3 Å². The van der Waals surface area contributed by atoms with Gasteiger partial charge in [-0.15, -0.1) is 35.3 Å². The lowest BCUT2D eigenvalue weighted by Gasteiger charge is -2.33. The fourth-order valence-electron chi connectivity index (χ4n) is 3.76. The molecule has 8 heteroatoms. The molecule has 0 saturated carbocycles. The lowest BCUT2D eigenvalue weighted by atomic mass is 9.97. The zero-order chi connectivity index (χ0) is 18.4. The molecule has 2 aliphatic rings. The average molecular weight is 507 g/mol. The van der Waals surface area contributed by atoms with Gasteiger partial charge in [0.05, 0.1) is 16.8 Å². The lowest BCUT2D eigenvalue weighted by molar-refractivity contribution is 0.108. The number of hydrogen-bond donors (Lipinski definition) is 2. The molecular formula is C19H34IN5OS. The summed E-state index contributed by atoms with van der Waals surface area (Å²) < 4.78 is 0. The van der Waals surface area contributed by atoms with E-state index in [0.717, 1.165) is 69.6 Å². The van der Waals surface area contributed by atoms with E-state index in [9.17, 15) is 5.11 Å². The van der Waals surface area contributed by atoms with Crippen molar-refractivity contribution in [2.75, 3.05) is 39.3 Å². The van der Waals surface area contributed by atoms with Crippen LogP contribution in [-0.4, -0.2) is 71.2 Å². The van der Waals surface area contributed by atoms with Gasteiger partial charge in [-0.2, -0.15) is 0 Å². The van der Waals surface area contributed by atoms with E-state index >= 15 is 0 Å². The summed E-state index contributed by atoms with van der Waals surface area (Å²) in [6.07, 6.45) is 3.98. The molecule has 6 nitrogen and oxygen atoms in total. The third-order valence-corrected chi connectivity index (χ3v) is 6.18. The Hall–Kier alpha value is -0.450. The molecule has 27 heavy (non-hydrogen) atoms. The average Bonchev–Trinajstić information content (AvgIpc) is 3.05. The SMILES string of the molecule is CCNC(=NCC1CCN(Cc2csc(C)n2)CC1)N1CCC(O)CC1.I. The summed E-state index contributed by atoms with van der Waals surface area (Å²) >= 11 is 1.74. The molecule has 0 aromatic carbocycles. The Bertz CT molecular complexity index is 580. The fraction of sp³-hybridized carbons (Fsp3) is 0.789. The van der Waals surface area contributed by atoms with Gasteiger partial charge in [-0.05, 0) is 58.5 Å². The first-order valence-corrected chi connectivity index (χ1v) is 10.9. The highest BCUT2D eigenvalue weighted by Crippen LogP contribution is 2.20. The maximum Gasteiger partial charge on any atom is 0.193 e. The predicted octanol–water partition coefficient (Wildman–Crippen LogP) is 2.70. The Labute approximate surface area is 184 Å². The molecule has 0 atom stereocenters. The topological polar surface area (TPSA) is 64.0 Å². The molecule has 2 saturated heterocycles. The largest absolute Gasteiger partial charge is 0.393 e. The molecule has 3 rings (SSSR count). The maximum absolute atomic E-state index is 9.71. The van der Waals surface area contributed by atoms with E-state index in [1.165, 1.54) is 18.5 Å². The first kappa shape index (κ1) is 22.8. The van der Waals surface area contributed by atoms with Crippen LogP contribution in [0.2, 0.25) is 0 Å². The van der Waals surface area contributed by atoms with Gasteiger partial charge in [-0.25, -0.2) is 4.98 Å². The molecule has 2 fully saturated rings. The van der Waals surface area contributed by atoms with Crippen LogP contribution in [0.5, 0.6) is 0 Å². The van der Waals surface area contributed by atoms with Gasteiger partial charge >= 0.3 is 0 Å². The number of piperidine rings is 2. The van der Waals surface area contributed by atoms with Crippen molar-refractivity contribution in [3.63, 3.8) is 0 Å². The van der Waals surface area contributed by atoms with Crippen molar-refractivity contribution in [3.05, 3.63) is 16.1 Å². The maximum atomic E-state index is 9.71. The molecule has 2 N–H and O–H groups in total. The molecule has 2 aliphatic heterocycles. The van der Waals surface area contributed by atoms with Crippen molar-refractivity contribution >= 4 is 41.3 Å². The van der Waals surface area contributed by atoms with Gasteiger partial charge in [-0.3, -0.25) is 9.89 Å². The summed E-state index contributed by atoms with van der Waals surface area (Å²) in [4.78, 5) is 14.3. The van der Waals surface area contributed by atoms with Crippen LogP contribution in [0, 0.1) is 12.8 Å². The van der Waals surface area contributed by atoms with Crippen LogP contribution in [0.1, 0.15) is 43.3 Å². The van der Waals surface area contributed by atoms with Crippen molar-refractivity contribution in [1.29, 1.82) is 0 Å². The molecule has 1 aromatic heterocycles. The minimum Gasteiger partial charge on any atom is -0.393 e. The van der Waals surface area contributed by atoms with Crippen LogP contribution in [-0.2, 0) is 6.54 Å². The third-order valence-electron chi connectivity index (χ3n) is 5.36. The number of rotatable bonds is 5. The van der Waals surface area contributed by atoms with Crippen LogP contribution in [0.15, 0.2) is 10.4 Å². The number of nitrogens with one attached hydrogen (secondary N) is 1. The highest BCUT2D eigenvalue weighted by Gasteiger charge is 2.22. The Morgan fingerprint density at radius 1 is 1.26 bits per heavy atom. The van der Waals surface area contributed by atoms with E-state index in [4.69, 9.17) is 4.99 Å². The standard InChI is InChI=1S/C19H33N5OS.HI/c1-3-20-19(24-10-6-18(25)7-11-24)21-12-16-4-8-23(9-5-16)13-17-14-26-15(2)22-17;/h14,16,18,25H,3-13H2,1-2H3,(H,20,21);1H. The lowest BCUT2D eigenvalue weighted by Crippen LogP contribution is -2.47. The predicted molar refractivity (Wildman–Crippen MR) is 123 cm³/mol. The molecule has 0 spiro atoms. The fourth-order valence-corrected chi connectivity index (χ4v) is 4.36. The van der Waals surface area contributed by atoms with Crippen LogP contribution < -0.4 is 5.32 Å². The normalized spacial score (nSPS) is 20.6. The van der Waals surface area contributed by atoms with Crippen LogP contribution in [0.4, 0.5) is 0 Å². The summed E-state index contributed by atoms with van der Waals surface area (Å²) in [6, 6.07) is 0. The van der Waals surface area contributed by atoms with Gasteiger partial charge in [0.25, 0.3) is 0 Å². The summed E-state index contributed by atoms with van der Waals surface area (Å²) in [6.45, 7) is 11.1. The molecule has 154 valence electrons. The van der Waals surface area contributed by atoms with Crippen LogP contribution >= 0.6 is 35.3 Å². The summed E-state index contributed by atoms with van der Waals surface area (Å²) in [7, 11) is 0. The smallest absolute Gasteiger partial charge is 0.193 e. The molecular weight excluding hydrogens is 473 g/mol. The number of nitrogens with zero attached hydrogens (tertiary/aromatic N) is 4. The Kier molecular flexibility index (Phi) is 9.75. The number of aliphatic imine (C=N–C) groups is 1. The van der Waals surface area contributed by atoms with Gasteiger partial charge in [0.1, 0.15) is 0 Å². The molecule has 0 aliphatic carbocycles. The van der Waals surface area contributed by atoms with E-state index in [1.54, 1.807) is 11.3 Å².